The number of benzene rings is 2. The third kappa shape index (κ3) is 3.55. The summed E-state index contributed by atoms with van der Waals surface area (Å²) in [4.78, 5) is 14.5. The molecule has 7 nitrogen and oxygen atoms in total. The maximum atomic E-state index is 12.6. The molecule has 2 aromatic carbocycles. The Labute approximate surface area is 157 Å². The van der Waals surface area contributed by atoms with Crippen LogP contribution in [-0.2, 0) is 0 Å². The molecule has 0 aliphatic rings. The molecular weight excluding hydrogens is 352 g/mol. The zero-order valence-electron chi connectivity index (χ0n) is 14.8. The van der Waals surface area contributed by atoms with Gasteiger partial charge < -0.3 is 19.5 Å². The van der Waals surface area contributed by atoms with E-state index in [-0.39, 0.29) is 0 Å². The fourth-order valence-corrected chi connectivity index (χ4v) is 2.74. The predicted octanol–water partition coefficient (Wildman–Crippen LogP) is 4.18. The number of thiol groups is 1. The van der Waals surface area contributed by atoms with E-state index in [1.807, 2.05) is 38.1 Å². The lowest BCUT2D eigenvalue weighted by Crippen LogP contribution is -2.27. The van der Waals surface area contributed by atoms with Crippen LogP contribution in [0.4, 0.5) is 22.0 Å². The zero-order valence-corrected chi connectivity index (χ0v) is 15.7. The van der Waals surface area contributed by atoms with Crippen LogP contribution in [0.5, 0.6) is 5.75 Å². The predicted molar refractivity (Wildman–Crippen MR) is 106 cm³/mol. The van der Waals surface area contributed by atoms with Crippen LogP contribution in [0.25, 0.3) is 11.0 Å². The van der Waals surface area contributed by atoms with Crippen molar-refractivity contribution in [3.63, 3.8) is 0 Å². The summed E-state index contributed by atoms with van der Waals surface area (Å²) in [5.74, 6) is 1.07. The highest BCUT2D eigenvalue weighted by molar-refractivity contribution is 7.82. The van der Waals surface area contributed by atoms with Gasteiger partial charge in [-0.25, -0.2) is 9.10 Å². The van der Waals surface area contributed by atoms with E-state index in [0.717, 1.165) is 15.7 Å². The van der Waals surface area contributed by atoms with Gasteiger partial charge in [0.2, 0.25) is 0 Å². The fourth-order valence-electron chi connectivity index (χ4n) is 2.55. The van der Waals surface area contributed by atoms with Gasteiger partial charge in [0.05, 0.1) is 17.7 Å². The summed E-state index contributed by atoms with van der Waals surface area (Å²) in [7, 11) is 3.82. The van der Waals surface area contributed by atoms with Crippen molar-refractivity contribution in [1.29, 1.82) is 0 Å². The second-order valence-corrected chi connectivity index (χ2v) is 6.15. The van der Waals surface area contributed by atoms with E-state index in [2.05, 4.69) is 23.3 Å². The topological polar surface area (TPSA) is 70.8 Å². The molecule has 1 aromatic heterocycles. The molecule has 0 saturated heterocycles. The quantitative estimate of drug-likeness (QED) is 0.658. The standard InChI is InChI=1S/C18H20N4O3S/c1-4-24-13-10-8-12(9-11-13)19-18(23)22(26)17-16-14(21(2)3)6-5-7-15(16)25-20-17/h5-11,26H,4H2,1-3H3,(H,19,23). The minimum absolute atomic E-state index is 0.330. The number of amides is 2. The molecule has 3 aromatic rings. The third-order valence-corrected chi connectivity index (χ3v) is 4.12. The van der Waals surface area contributed by atoms with Gasteiger partial charge in [0.1, 0.15) is 5.75 Å². The van der Waals surface area contributed by atoms with E-state index in [1.54, 1.807) is 30.3 Å². The summed E-state index contributed by atoms with van der Waals surface area (Å²) in [6, 6.07) is 12.2. The van der Waals surface area contributed by atoms with Crippen molar-refractivity contribution in [2.45, 2.75) is 6.92 Å². The second-order valence-electron chi connectivity index (χ2n) is 5.75. The van der Waals surface area contributed by atoms with Crippen LogP contribution < -0.4 is 19.3 Å². The van der Waals surface area contributed by atoms with Crippen LogP contribution in [0.1, 0.15) is 6.92 Å². The highest BCUT2D eigenvalue weighted by Crippen LogP contribution is 2.35. The second kappa shape index (κ2) is 7.57. The summed E-state index contributed by atoms with van der Waals surface area (Å²) in [6.45, 7) is 2.50. The minimum atomic E-state index is -0.443. The first kappa shape index (κ1) is 17.9. The number of nitrogens with zero attached hydrogens (tertiary/aromatic N) is 3. The molecule has 2 amide bonds. The molecule has 0 saturated carbocycles. The molecule has 8 heteroatoms. The molecule has 0 spiro atoms. The average Bonchev–Trinajstić information content (AvgIpc) is 3.06. The van der Waals surface area contributed by atoms with Crippen LogP contribution in [-0.4, -0.2) is 31.9 Å². The summed E-state index contributed by atoms with van der Waals surface area (Å²) in [6.07, 6.45) is 0. The highest BCUT2D eigenvalue weighted by Gasteiger charge is 2.22. The first-order valence-corrected chi connectivity index (χ1v) is 8.49. The Kier molecular flexibility index (Phi) is 5.22. The molecule has 0 radical (unpaired) electrons. The van der Waals surface area contributed by atoms with Crippen molar-refractivity contribution in [2.75, 3.05) is 35.2 Å². The maximum Gasteiger partial charge on any atom is 0.337 e. The SMILES string of the molecule is CCOc1ccc(NC(=O)N(S)c2noc3cccc(N(C)C)c23)cc1. The lowest BCUT2D eigenvalue weighted by molar-refractivity contribution is 0.260. The average molecular weight is 372 g/mol. The Morgan fingerprint density at radius 2 is 1.96 bits per heavy atom. The molecule has 0 aliphatic carbocycles. The molecule has 26 heavy (non-hydrogen) atoms. The molecule has 0 unspecified atom stereocenters. The normalized spacial score (nSPS) is 10.6. The fraction of sp³-hybridized carbons (Fsp3) is 0.222. The van der Waals surface area contributed by atoms with Gasteiger partial charge in [-0.15, -0.1) is 0 Å². The lowest BCUT2D eigenvalue weighted by atomic mass is 10.2. The van der Waals surface area contributed by atoms with Crippen molar-refractivity contribution in [2.24, 2.45) is 0 Å². The minimum Gasteiger partial charge on any atom is -0.494 e. The number of carbonyl (C=O) groups is 1. The molecule has 0 atom stereocenters. The lowest BCUT2D eigenvalue weighted by Gasteiger charge is -2.17. The highest BCUT2D eigenvalue weighted by atomic mass is 32.1. The number of urea groups is 1. The summed E-state index contributed by atoms with van der Waals surface area (Å²) < 4.78 is 11.9. The van der Waals surface area contributed by atoms with Gasteiger partial charge in [-0.2, -0.15) is 0 Å². The molecule has 1 heterocycles. The van der Waals surface area contributed by atoms with Crippen molar-refractivity contribution >= 4 is 47.0 Å². The van der Waals surface area contributed by atoms with Crippen LogP contribution >= 0.6 is 12.8 Å². The van der Waals surface area contributed by atoms with E-state index >= 15 is 0 Å². The molecule has 1 N–H and O–H groups in total. The number of ether oxygens (including phenoxy) is 1. The summed E-state index contributed by atoms with van der Waals surface area (Å²) in [5, 5.41) is 7.50. The first-order valence-electron chi connectivity index (χ1n) is 8.09. The Morgan fingerprint density at radius 1 is 1.23 bits per heavy atom. The van der Waals surface area contributed by atoms with E-state index in [9.17, 15) is 4.79 Å². The van der Waals surface area contributed by atoms with E-state index in [1.165, 1.54) is 0 Å². The monoisotopic (exact) mass is 372 g/mol. The molecule has 0 fully saturated rings. The van der Waals surface area contributed by atoms with E-state index < -0.39 is 6.03 Å². The van der Waals surface area contributed by atoms with Gasteiger partial charge >= 0.3 is 6.03 Å². The Bertz CT molecular complexity index is 908. The van der Waals surface area contributed by atoms with Gasteiger partial charge in [0.15, 0.2) is 11.4 Å². The molecule has 0 aliphatic heterocycles. The van der Waals surface area contributed by atoms with Gasteiger partial charge in [0, 0.05) is 19.8 Å². The Balaban J connectivity index is 1.83. The number of carbonyl (C=O) groups excluding carboxylic acids is 1. The third-order valence-electron chi connectivity index (χ3n) is 3.75. The number of aromatic nitrogens is 1. The molecule has 3 rings (SSSR count). The van der Waals surface area contributed by atoms with Crippen molar-refractivity contribution in [1.82, 2.24) is 5.16 Å². The smallest absolute Gasteiger partial charge is 0.337 e. The van der Waals surface area contributed by atoms with Crippen molar-refractivity contribution in [3.8, 4) is 5.75 Å². The summed E-state index contributed by atoms with van der Waals surface area (Å²) in [5.41, 5.74) is 2.09. The number of anilines is 3. The number of rotatable bonds is 5. The van der Waals surface area contributed by atoms with Crippen molar-refractivity contribution in [3.05, 3.63) is 42.5 Å². The van der Waals surface area contributed by atoms with Crippen LogP contribution in [0, 0.1) is 0 Å². The van der Waals surface area contributed by atoms with Crippen LogP contribution in [0.3, 0.4) is 0 Å². The molecular formula is C18H20N4O3S. The van der Waals surface area contributed by atoms with Gasteiger partial charge in [-0.1, -0.05) is 24.0 Å². The summed E-state index contributed by atoms with van der Waals surface area (Å²) >= 11 is 4.31. The van der Waals surface area contributed by atoms with Gasteiger partial charge in [-0.3, -0.25) is 0 Å². The van der Waals surface area contributed by atoms with Gasteiger partial charge in [0.25, 0.3) is 0 Å². The maximum absolute atomic E-state index is 12.6. The first-order chi connectivity index (χ1) is 12.5. The number of nitrogens with one attached hydrogen (secondary N) is 1. The van der Waals surface area contributed by atoms with Crippen molar-refractivity contribution < 1.29 is 14.1 Å². The Hall–Kier alpha value is -2.87. The number of hydrogen-bond acceptors (Lipinski definition) is 6. The van der Waals surface area contributed by atoms with Crippen LogP contribution in [0.2, 0.25) is 0 Å². The van der Waals surface area contributed by atoms with E-state index in [0.29, 0.717) is 29.1 Å². The van der Waals surface area contributed by atoms with Gasteiger partial charge in [-0.05, 0) is 43.3 Å². The van der Waals surface area contributed by atoms with Crippen LogP contribution in [0.15, 0.2) is 47.0 Å². The zero-order chi connectivity index (χ0) is 18.7. The number of fused-ring (bicyclic) bond motifs is 1. The largest absolute Gasteiger partial charge is 0.494 e. The Morgan fingerprint density at radius 3 is 2.62 bits per heavy atom. The number of hydrogen-bond donors (Lipinski definition) is 2. The molecule has 0 bridgehead atoms. The molecule has 136 valence electrons. The van der Waals surface area contributed by atoms with E-state index in [4.69, 9.17) is 9.26 Å².